The molecule has 1 aromatic carbocycles. The molecule has 5 heteroatoms. The molecule has 1 atom stereocenters. The van der Waals surface area contributed by atoms with Crippen LogP contribution in [0.2, 0.25) is 0 Å². The van der Waals surface area contributed by atoms with Crippen molar-refractivity contribution in [1.82, 2.24) is 9.97 Å². The molecule has 0 bridgehead atoms. The largest absolute Gasteiger partial charge is 0.361 e. The van der Waals surface area contributed by atoms with Crippen molar-refractivity contribution in [1.29, 1.82) is 0 Å². The second kappa shape index (κ2) is 6.08. The Morgan fingerprint density at radius 2 is 2.19 bits per heavy atom. The van der Waals surface area contributed by atoms with Crippen molar-refractivity contribution in [2.24, 2.45) is 0 Å². The molecule has 2 aromatic rings. The first kappa shape index (κ1) is 13.8. The van der Waals surface area contributed by atoms with E-state index in [0.29, 0.717) is 12.5 Å². The summed E-state index contributed by atoms with van der Waals surface area (Å²) in [7, 11) is 0. The van der Waals surface area contributed by atoms with Gasteiger partial charge in [0.15, 0.2) is 11.6 Å². The fourth-order valence-electron chi connectivity index (χ4n) is 2.78. The van der Waals surface area contributed by atoms with Crippen LogP contribution in [0.1, 0.15) is 36.9 Å². The van der Waals surface area contributed by atoms with Gasteiger partial charge in [-0.2, -0.15) is 4.98 Å². The van der Waals surface area contributed by atoms with Gasteiger partial charge in [-0.3, -0.25) is 0 Å². The topological polar surface area (TPSA) is 49.8 Å². The van der Waals surface area contributed by atoms with Crippen molar-refractivity contribution >= 4 is 11.8 Å². The van der Waals surface area contributed by atoms with E-state index < -0.39 is 5.82 Å². The summed E-state index contributed by atoms with van der Waals surface area (Å²) >= 11 is 0. The Labute approximate surface area is 123 Å². The van der Waals surface area contributed by atoms with E-state index in [9.17, 15) is 4.39 Å². The van der Waals surface area contributed by atoms with Crippen molar-refractivity contribution in [3.8, 4) is 0 Å². The number of hydrogen-bond acceptors (Lipinski definition) is 4. The van der Waals surface area contributed by atoms with E-state index in [1.54, 1.807) is 0 Å². The van der Waals surface area contributed by atoms with Crippen molar-refractivity contribution in [2.45, 2.75) is 32.2 Å². The fraction of sp³-hybridized carbons (Fsp3) is 0.375. The first-order valence-corrected chi connectivity index (χ1v) is 7.38. The number of aromatic nitrogens is 2. The maximum Gasteiger partial charge on any atom is 0.224 e. The Bertz CT molecular complexity index is 629. The van der Waals surface area contributed by atoms with Gasteiger partial charge in [-0.25, -0.2) is 9.37 Å². The van der Waals surface area contributed by atoms with E-state index in [1.165, 1.54) is 17.3 Å². The molecular formula is C16H19FN4. The van der Waals surface area contributed by atoms with Gasteiger partial charge in [0.25, 0.3) is 0 Å². The number of anilines is 2. The van der Waals surface area contributed by atoms with Crippen LogP contribution in [0.4, 0.5) is 16.2 Å². The molecule has 3 rings (SSSR count). The van der Waals surface area contributed by atoms with Crippen LogP contribution in [0.5, 0.6) is 0 Å². The van der Waals surface area contributed by atoms with Crippen molar-refractivity contribution in [3.63, 3.8) is 0 Å². The SMILES string of the molecule is CCNc1ncc(F)c(NC2CCCc3ccccc32)n1. The van der Waals surface area contributed by atoms with Crippen molar-refractivity contribution in [2.75, 3.05) is 17.2 Å². The van der Waals surface area contributed by atoms with Gasteiger partial charge >= 0.3 is 0 Å². The minimum atomic E-state index is -0.417. The van der Waals surface area contributed by atoms with Crippen LogP contribution >= 0.6 is 0 Å². The molecule has 1 unspecified atom stereocenters. The quantitative estimate of drug-likeness (QED) is 0.902. The highest BCUT2D eigenvalue weighted by atomic mass is 19.1. The minimum absolute atomic E-state index is 0.105. The number of fused-ring (bicyclic) bond motifs is 1. The Kier molecular flexibility index (Phi) is 3.99. The first-order valence-electron chi connectivity index (χ1n) is 7.38. The van der Waals surface area contributed by atoms with Gasteiger partial charge in [-0.1, -0.05) is 24.3 Å². The molecular weight excluding hydrogens is 267 g/mol. The second-order valence-electron chi connectivity index (χ2n) is 5.21. The molecule has 0 radical (unpaired) electrons. The average Bonchev–Trinajstić information content (AvgIpc) is 2.51. The maximum absolute atomic E-state index is 13.9. The summed E-state index contributed by atoms with van der Waals surface area (Å²) < 4.78 is 13.9. The number of aryl methyl sites for hydroxylation is 1. The minimum Gasteiger partial charge on any atom is -0.361 e. The van der Waals surface area contributed by atoms with E-state index >= 15 is 0 Å². The predicted molar refractivity (Wildman–Crippen MR) is 81.9 cm³/mol. The standard InChI is InChI=1S/C16H19FN4/c1-2-18-16-19-10-13(17)15(21-16)20-14-9-5-7-11-6-3-4-8-12(11)14/h3-4,6,8,10,14H,2,5,7,9H2,1H3,(H2,18,19,20,21). The lowest BCUT2D eigenvalue weighted by atomic mass is 9.88. The summed E-state index contributed by atoms with van der Waals surface area (Å²) in [5, 5.41) is 6.24. The highest BCUT2D eigenvalue weighted by Gasteiger charge is 2.21. The van der Waals surface area contributed by atoms with Crippen LogP contribution < -0.4 is 10.6 Å². The summed E-state index contributed by atoms with van der Waals surface area (Å²) in [6.45, 7) is 2.66. The summed E-state index contributed by atoms with van der Waals surface area (Å²) in [5.74, 6) is 0.299. The van der Waals surface area contributed by atoms with E-state index in [1.807, 2.05) is 13.0 Å². The molecule has 21 heavy (non-hydrogen) atoms. The van der Waals surface area contributed by atoms with Crippen LogP contribution in [0, 0.1) is 5.82 Å². The maximum atomic E-state index is 13.9. The zero-order chi connectivity index (χ0) is 14.7. The number of nitrogens with one attached hydrogen (secondary N) is 2. The molecule has 0 aliphatic heterocycles. The second-order valence-corrected chi connectivity index (χ2v) is 5.21. The van der Waals surface area contributed by atoms with Crippen LogP contribution in [0.25, 0.3) is 0 Å². The van der Waals surface area contributed by atoms with Crippen LogP contribution in [-0.2, 0) is 6.42 Å². The highest BCUT2D eigenvalue weighted by molar-refractivity contribution is 5.45. The van der Waals surface area contributed by atoms with Gasteiger partial charge in [0.05, 0.1) is 12.2 Å². The lowest BCUT2D eigenvalue weighted by molar-refractivity contribution is 0.579. The third-order valence-electron chi connectivity index (χ3n) is 3.76. The van der Waals surface area contributed by atoms with Gasteiger partial charge in [0.2, 0.25) is 5.95 Å². The molecule has 1 aromatic heterocycles. The average molecular weight is 286 g/mol. The monoisotopic (exact) mass is 286 g/mol. The van der Waals surface area contributed by atoms with Gasteiger partial charge in [-0.05, 0) is 37.3 Å². The molecule has 0 saturated heterocycles. The highest BCUT2D eigenvalue weighted by Crippen LogP contribution is 2.32. The Balaban J connectivity index is 1.86. The molecule has 1 aliphatic carbocycles. The molecule has 0 saturated carbocycles. The lowest BCUT2D eigenvalue weighted by Crippen LogP contribution is -2.19. The molecule has 0 amide bonds. The van der Waals surface area contributed by atoms with Crippen molar-refractivity contribution in [3.05, 3.63) is 47.4 Å². The zero-order valence-corrected chi connectivity index (χ0v) is 12.1. The van der Waals surface area contributed by atoms with Crippen molar-refractivity contribution < 1.29 is 4.39 Å². The fourth-order valence-corrected chi connectivity index (χ4v) is 2.78. The number of rotatable bonds is 4. The number of benzene rings is 1. The third kappa shape index (κ3) is 2.96. The first-order chi connectivity index (χ1) is 10.3. The molecule has 0 fully saturated rings. The van der Waals surface area contributed by atoms with E-state index in [4.69, 9.17) is 0 Å². The van der Waals surface area contributed by atoms with Gasteiger partial charge in [-0.15, -0.1) is 0 Å². The summed E-state index contributed by atoms with van der Waals surface area (Å²) in [6.07, 6.45) is 4.38. The van der Waals surface area contributed by atoms with Crippen LogP contribution in [-0.4, -0.2) is 16.5 Å². The van der Waals surface area contributed by atoms with E-state index in [2.05, 4.69) is 38.8 Å². The molecule has 1 aliphatic rings. The van der Waals surface area contributed by atoms with Gasteiger partial charge in [0.1, 0.15) is 0 Å². The Morgan fingerprint density at radius 3 is 3.05 bits per heavy atom. The molecule has 4 nitrogen and oxygen atoms in total. The number of nitrogens with zero attached hydrogens (tertiary/aromatic N) is 2. The van der Waals surface area contributed by atoms with Crippen LogP contribution in [0.15, 0.2) is 30.5 Å². The van der Waals surface area contributed by atoms with Gasteiger partial charge in [0, 0.05) is 6.54 Å². The molecule has 2 N–H and O–H groups in total. The normalized spacial score (nSPS) is 17.1. The molecule has 1 heterocycles. The Morgan fingerprint density at radius 1 is 1.33 bits per heavy atom. The summed E-state index contributed by atoms with van der Waals surface area (Å²) in [5.41, 5.74) is 2.58. The lowest BCUT2D eigenvalue weighted by Gasteiger charge is -2.27. The molecule has 0 spiro atoms. The van der Waals surface area contributed by atoms with E-state index in [-0.39, 0.29) is 11.9 Å². The smallest absolute Gasteiger partial charge is 0.224 e. The summed E-state index contributed by atoms with van der Waals surface area (Å²) in [4.78, 5) is 8.15. The number of halogens is 1. The third-order valence-corrected chi connectivity index (χ3v) is 3.76. The summed E-state index contributed by atoms with van der Waals surface area (Å²) in [6, 6.07) is 8.43. The van der Waals surface area contributed by atoms with Crippen LogP contribution in [0.3, 0.4) is 0 Å². The van der Waals surface area contributed by atoms with Gasteiger partial charge < -0.3 is 10.6 Å². The number of hydrogen-bond donors (Lipinski definition) is 2. The van der Waals surface area contributed by atoms with E-state index in [0.717, 1.165) is 19.3 Å². The molecule has 110 valence electrons. The zero-order valence-electron chi connectivity index (χ0n) is 12.1. The Hall–Kier alpha value is -2.17. The predicted octanol–water partition coefficient (Wildman–Crippen LogP) is 3.54.